The molecule has 0 unspecified atom stereocenters. The normalized spacial score (nSPS) is 22.1. The third-order valence-electron chi connectivity index (χ3n) is 1.43. The van der Waals surface area contributed by atoms with Gasteiger partial charge in [0.2, 0.25) is 0 Å². The van der Waals surface area contributed by atoms with E-state index in [-0.39, 0.29) is 0 Å². The lowest BCUT2D eigenvalue weighted by atomic mass is 10.1. The number of nitrogens with zero attached hydrogens (tertiary/aromatic N) is 1. The summed E-state index contributed by atoms with van der Waals surface area (Å²) in [4.78, 5) is 0. The topological polar surface area (TPSA) is 119 Å². The molecule has 0 bridgehead atoms. The number of aliphatic hydroxyl groups is 4. The van der Waals surface area contributed by atoms with Crippen LogP contribution in [0, 0.1) is 0 Å². The molecular formula is C6H14N2O4. The molecular weight excluding hydrogens is 164 g/mol. The standard InChI is InChI=1S/C6H14N2O4/c1-3(9)5(11)6(12)4(10)2-8-7/h2-6,9-12H,7H2,1H3/b8-2+/t3-,4-,5-,6-/m0/s1. The van der Waals surface area contributed by atoms with Gasteiger partial charge in [0.1, 0.15) is 18.3 Å². The van der Waals surface area contributed by atoms with Gasteiger partial charge >= 0.3 is 0 Å². The van der Waals surface area contributed by atoms with E-state index in [1.165, 1.54) is 6.92 Å². The van der Waals surface area contributed by atoms with E-state index in [0.717, 1.165) is 6.21 Å². The molecule has 72 valence electrons. The predicted octanol–water partition coefficient (Wildman–Crippen LogP) is -2.61. The van der Waals surface area contributed by atoms with E-state index >= 15 is 0 Å². The molecule has 0 saturated carbocycles. The summed E-state index contributed by atoms with van der Waals surface area (Å²) < 4.78 is 0. The lowest BCUT2D eigenvalue weighted by Crippen LogP contribution is -2.44. The average molecular weight is 178 g/mol. The lowest BCUT2D eigenvalue weighted by Gasteiger charge is -2.22. The van der Waals surface area contributed by atoms with Gasteiger partial charge in [0, 0.05) is 0 Å². The SMILES string of the molecule is C[C@H](O)[C@H](O)[C@@H](O)[C@@H](O)/C=N/N. The highest BCUT2D eigenvalue weighted by atomic mass is 16.4. The van der Waals surface area contributed by atoms with Crippen LogP contribution in [0.15, 0.2) is 5.10 Å². The number of hydrazone groups is 1. The monoisotopic (exact) mass is 178 g/mol. The Balaban J connectivity index is 4.08. The zero-order valence-corrected chi connectivity index (χ0v) is 6.70. The first-order valence-corrected chi connectivity index (χ1v) is 3.46. The lowest BCUT2D eigenvalue weighted by molar-refractivity contribution is -0.0821. The van der Waals surface area contributed by atoms with Crippen LogP contribution in [0.4, 0.5) is 0 Å². The summed E-state index contributed by atoms with van der Waals surface area (Å²) in [5, 5.41) is 38.9. The Labute approximate surface area is 69.9 Å². The Morgan fingerprint density at radius 1 is 1.17 bits per heavy atom. The van der Waals surface area contributed by atoms with E-state index in [2.05, 4.69) is 5.10 Å². The highest BCUT2D eigenvalue weighted by molar-refractivity contribution is 5.63. The number of aliphatic hydroxyl groups excluding tert-OH is 4. The van der Waals surface area contributed by atoms with Crippen molar-refractivity contribution in [2.24, 2.45) is 10.9 Å². The molecule has 0 amide bonds. The minimum atomic E-state index is -1.49. The summed E-state index contributed by atoms with van der Waals surface area (Å²) in [5.74, 6) is 4.70. The Morgan fingerprint density at radius 2 is 1.67 bits per heavy atom. The van der Waals surface area contributed by atoms with Crippen molar-refractivity contribution in [1.29, 1.82) is 0 Å². The van der Waals surface area contributed by atoms with Crippen molar-refractivity contribution < 1.29 is 20.4 Å². The van der Waals surface area contributed by atoms with Crippen molar-refractivity contribution in [3.05, 3.63) is 0 Å². The van der Waals surface area contributed by atoms with Crippen LogP contribution in [0.1, 0.15) is 6.92 Å². The molecule has 0 aliphatic rings. The van der Waals surface area contributed by atoms with Crippen LogP contribution < -0.4 is 5.84 Å². The third-order valence-corrected chi connectivity index (χ3v) is 1.43. The van der Waals surface area contributed by atoms with E-state index < -0.39 is 24.4 Å². The fourth-order valence-electron chi connectivity index (χ4n) is 0.664. The molecule has 0 aliphatic carbocycles. The first-order chi connectivity index (χ1) is 5.50. The molecule has 0 saturated heterocycles. The Bertz CT molecular complexity index is 150. The van der Waals surface area contributed by atoms with Crippen molar-refractivity contribution >= 4 is 6.21 Å². The highest BCUT2D eigenvalue weighted by Gasteiger charge is 2.26. The van der Waals surface area contributed by atoms with Gasteiger partial charge in [-0.3, -0.25) is 0 Å². The third kappa shape index (κ3) is 3.14. The molecule has 0 radical (unpaired) electrons. The molecule has 0 heterocycles. The molecule has 6 heteroatoms. The zero-order chi connectivity index (χ0) is 9.72. The van der Waals surface area contributed by atoms with Crippen LogP contribution in [0.2, 0.25) is 0 Å². The van der Waals surface area contributed by atoms with Gasteiger partial charge in [-0.25, -0.2) is 0 Å². The quantitative estimate of drug-likeness (QED) is 0.184. The van der Waals surface area contributed by atoms with Crippen molar-refractivity contribution in [2.75, 3.05) is 0 Å². The minimum absolute atomic E-state index is 0.871. The van der Waals surface area contributed by atoms with Crippen molar-refractivity contribution in [1.82, 2.24) is 0 Å². The van der Waals surface area contributed by atoms with Gasteiger partial charge < -0.3 is 26.3 Å². The fraction of sp³-hybridized carbons (Fsp3) is 0.833. The van der Waals surface area contributed by atoms with Gasteiger partial charge in [-0.05, 0) is 6.92 Å². The van der Waals surface area contributed by atoms with Crippen LogP contribution in [0.5, 0.6) is 0 Å². The maximum Gasteiger partial charge on any atom is 0.119 e. The number of hydrogen-bond donors (Lipinski definition) is 5. The maximum absolute atomic E-state index is 9.08. The van der Waals surface area contributed by atoms with Crippen LogP contribution in [-0.2, 0) is 0 Å². The predicted molar refractivity (Wildman–Crippen MR) is 42.4 cm³/mol. The highest BCUT2D eigenvalue weighted by Crippen LogP contribution is 2.02. The Morgan fingerprint density at radius 3 is 2.00 bits per heavy atom. The average Bonchev–Trinajstić information content (AvgIpc) is 2.02. The van der Waals surface area contributed by atoms with Gasteiger partial charge in [-0.1, -0.05) is 0 Å². The number of hydrogen-bond acceptors (Lipinski definition) is 6. The molecule has 0 rings (SSSR count). The summed E-state index contributed by atoms with van der Waals surface area (Å²) in [6.45, 7) is 1.29. The Hall–Kier alpha value is -0.690. The maximum atomic E-state index is 9.08. The first kappa shape index (κ1) is 11.3. The summed E-state index contributed by atoms with van der Waals surface area (Å²) in [5.41, 5.74) is 0. The molecule has 0 fully saturated rings. The second kappa shape index (κ2) is 5.04. The van der Waals surface area contributed by atoms with Crippen molar-refractivity contribution in [3.63, 3.8) is 0 Å². The van der Waals surface area contributed by atoms with Crippen molar-refractivity contribution in [2.45, 2.75) is 31.3 Å². The Kier molecular flexibility index (Phi) is 4.75. The second-order valence-corrected chi connectivity index (χ2v) is 2.51. The zero-order valence-electron chi connectivity index (χ0n) is 6.70. The van der Waals surface area contributed by atoms with Crippen molar-refractivity contribution in [3.8, 4) is 0 Å². The number of rotatable bonds is 4. The minimum Gasteiger partial charge on any atom is -0.391 e. The molecule has 0 aromatic heterocycles. The van der Waals surface area contributed by atoms with Crippen LogP contribution >= 0.6 is 0 Å². The first-order valence-electron chi connectivity index (χ1n) is 3.46. The van der Waals surface area contributed by atoms with Gasteiger partial charge in [0.15, 0.2) is 0 Å². The van der Waals surface area contributed by atoms with E-state index in [1.807, 2.05) is 0 Å². The second-order valence-electron chi connectivity index (χ2n) is 2.51. The molecule has 6 N–H and O–H groups in total. The van der Waals surface area contributed by atoms with Crippen LogP contribution in [0.3, 0.4) is 0 Å². The summed E-state index contributed by atoms with van der Waals surface area (Å²) >= 11 is 0. The fourth-order valence-corrected chi connectivity index (χ4v) is 0.664. The molecule has 6 nitrogen and oxygen atoms in total. The summed E-state index contributed by atoms with van der Waals surface area (Å²) in [7, 11) is 0. The molecule has 0 spiro atoms. The van der Waals surface area contributed by atoms with E-state index in [0.29, 0.717) is 0 Å². The smallest absolute Gasteiger partial charge is 0.119 e. The van der Waals surface area contributed by atoms with E-state index in [1.54, 1.807) is 0 Å². The molecule has 4 atom stereocenters. The number of nitrogens with two attached hydrogens (primary N) is 1. The van der Waals surface area contributed by atoms with Crippen LogP contribution in [0.25, 0.3) is 0 Å². The van der Waals surface area contributed by atoms with Gasteiger partial charge in [0.05, 0.1) is 12.3 Å². The van der Waals surface area contributed by atoms with E-state index in [4.69, 9.17) is 26.3 Å². The molecule has 0 aliphatic heterocycles. The molecule has 0 aromatic rings. The summed E-state index contributed by atoms with van der Waals surface area (Å²) in [6.07, 6.45) is -4.54. The molecule has 12 heavy (non-hydrogen) atoms. The van der Waals surface area contributed by atoms with E-state index in [9.17, 15) is 0 Å². The van der Waals surface area contributed by atoms with Crippen LogP contribution in [-0.4, -0.2) is 51.1 Å². The van der Waals surface area contributed by atoms with Gasteiger partial charge in [0.25, 0.3) is 0 Å². The van der Waals surface area contributed by atoms with Gasteiger partial charge in [-0.2, -0.15) is 5.10 Å². The summed E-state index contributed by atoms with van der Waals surface area (Å²) in [6, 6.07) is 0. The molecule has 0 aromatic carbocycles. The van der Waals surface area contributed by atoms with Gasteiger partial charge in [-0.15, -0.1) is 0 Å². The largest absolute Gasteiger partial charge is 0.391 e.